The van der Waals surface area contributed by atoms with E-state index in [1.165, 1.54) is 4.31 Å². The predicted molar refractivity (Wildman–Crippen MR) is 143 cm³/mol. The molecule has 4 aromatic rings. The highest BCUT2D eigenvalue weighted by Crippen LogP contribution is 2.29. The quantitative estimate of drug-likeness (QED) is 0.398. The van der Waals surface area contributed by atoms with Gasteiger partial charge in [-0.1, -0.05) is 36.4 Å². The van der Waals surface area contributed by atoms with Crippen molar-refractivity contribution in [2.24, 2.45) is 0 Å². The van der Waals surface area contributed by atoms with E-state index in [1.807, 2.05) is 54.7 Å². The normalized spacial score (nSPS) is 16.1. The molecule has 37 heavy (non-hydrogen) atoms. The monoisotopic (exact) mass is 524 g/mol. The molecule has 1 aliphatic heterocycles. The van der Waals surface area contributed by atoms with Crippen LogP contribution in [0.3, 0.4) is 0 Å². The molecule has 0 unspecified atom stereocenters. The highest BCUT2D eigenvalue weighted by Gasteiger charge is 2.31. The van der Waals surface area contributed by atoms with Crippen LogP contribution in [0, 0.1) is 0 Å². The van der Waals surface area contributed by atoms with Crippen LogP contribution in [0.4, 0.5) is 0 Å². The van der Waals surface area contributed by atoms with E-state index < -0.39 is 15.9 Å². The Kier molecular flexibility index (Phi) is 6.70. The fraction of sp³-hybridized carbons (Fsp3) is 0.407. The minimum absolute atomic E-state index is 0.137. The molecule has 2 aromatic carbocycles. The lowest BCUT2D eigenvalue weighted by Gasteiger charge is -2.30. The molecule has 0 atom stereocenters. The van der Waals surface area contributed by atoms with Crippen molar-refractivity contribution in [3.63, 3.8) is 0 Å². The summed E-state index contributed by atoms with van der Waals surface area (Å²) in [7, 11) is -2.58. The van der Waals surface area contributed by atoms with Crippen LogP contribution in [-0.2, 0) is 27.5 Å². The van der Waals surface area contributed by atoms with Crippen molar-refractivity contribution in [1.29, 1.82) is 0 Å². The SMILES string of the molecule is COS(=O)(=O)N1CCC(n2c(=O)n(Cc3ncc4ccccc4c3CC(C)(C)O)c3ccccc32)CC1. The molecule has 5 rings (SSSR count). The van der Waals surface area contributed by atoms with E-state index in [4.69, 9.17) is 4.98 Å². The Labute approximate surface area is 216 Å². The van der Waals surface area contributed by atoms with Crippen molar-refractivity contribution in [3.05, 3.63) is 76.5 Å². The summed E-state index contributed by atoms with van der Waals surface area (Å²) < 4.78 is 33.7. The van der Waals surface area contributed by atoms with Gasteiger partial charge in [-0.2, -0.15) is 12.7 Å². The molecular weight excluding hydrogens is 492 g/mol. The molecule has 3 heterocycles. The van der Waals surface area contributed by atoms with Crippen LogP contribution in [0.1, 0.15) is 44.0 Å². The van der Waals surface area contributed by atoms with Crippen LogP contribution in [0.15, 0.2) is 59.5 Å². The highest BCUT2D eigenvalue weighted by molar-refractivity contribution is 7.84. The third-order valence-corrected chi connectivity index (χ3v) is 8.51. The summed E-state index contributed by atoms with van der Waals surface area (Å²) in [5, 5.41) is 12.7. The molecule has 0 saturated carbocycles. The van der Waals surface area contributed by atoms with Gasteiger partial charge in [0.15, 0.2) is 0 Å². The number of piperidine rings is 1. The summed E-state index contributed by atoms with van der Waals surface area (Å²) >= 11 is 0. The smallest absolute Gasteiger partial charge is 0.338 e. The van der Waals surface area contributed by atoms with Gasteiger partial charge in [0.05, 0.1) is 36.0 Å². The molecule has 0 bridgehead atoms. The number of pyridine rings is 1. The molecule has 9 nitrogen and oxygen atoms in total. The Hall–Kier alpha value is -3.05. The molecule has 0 amide bonds. The molecular formula is C27H32N4O5S. The zero-order valence-corrected chi connectivity index (χ0v) is 22.1. The Bertz CT molecular complexity index is 1610. The summed E-state index contributed by atoms with van der Waals surface area (Å²) in [5.74, 6) is 0. The molecule has 0 radical (unpaired) electrons. The van der Waals surface area contributed by atoms with E-state index in [1.54, 1.807) is 23.0 Å². The van der Waals surface area contributed by atoms with Gasteiger partial charge in [-0.3, -0.25) is 18.3 Å². The Morgan fingerprint density at radius 2 is 1.70 bits per heavy atom. The van der Waals surface area contributed by atoms with E-state index in [9.17, 15) is 18.3 Å². The maximum absolute atomic E-state index is 13.9. The number of rotatable bonds is 7. The highest BCUT2D eigenvalue weighted by atomic mass is 32.2. The Morgan fingerprint density at radius 1 is 1.05 bits per heavy atom. The predicted octanol–water partition coefficient (Wildman–Crippen LogP) is 3.24. The van der Waals surface area contributed by atoms with Crippen LogP contribution >= 0.6 is 0 Å². The van der Waals surface area contributed by atoms with Crippen LogP contribution in [0.5, 0.6) is 0 Å². The summed E-state index contributed by atoms with van der Waals surface area (Å²) in [5.41, 5.74) is 2.17. The third kappa shape index (κ3) is 4.94. The molecule has 1 N–H and O–H groups in total. The number of aliphatic hydroxyl groups is 1. The van der Waals surface area contributed by atoms with Gasteiger partial charge < -0.3 is 5.11 Å². The Balaban J connectivity index is 1.57. The number of aromatic nitrogens is 3. The van der Waals surface area contributed by atoms with Gasteiger partial charge in [-0.05, 0) is 49.8 Å². The van der Waals surface area contributed by atoms with Gasteiger partial charge in [-0.15, -0.1) is 0 Å². The molecule has 1 saturated heterocycles. The summed E-state index contributed by atoms with van der Waals surface area (Å²) in [6.45, 7) is 4.38. The number of para-hydroxylation sites is 2. The topological polar surface area (TPSA) is 107 Å². The third-order valence-electron chi connectivity index (χ3n) is 7.10. The minimum atomic E-state index is -3.74. The molecule has 1 fully saturated rings. The van der Waals surface area contributed by atoms with Gasteiger partial charge in [0.1, 0.15) is 0 Å². The number of fused-ring (bicyclic) bond motifs is 2. The second kappa shape index (κ2) is 9.68. The average molecular weight is 525 g/mol. The molecule has 2 aromatic heterocycles. The first kappa shape index (κ1) is 25.6. The van der Waals surface area contributed by atoms with Gasteiger partial charge in [0.25, 0.3) is 0 Å². The minimum Gasteiger partial charge on any atom is -0.390 e. The summed E-state index contributed by atoms with van der Waals surface area (Å²) in [6.07, 6.45) is 3.23. The van der Waals surface area contributed by atoms with Crippen LogP contribution in [0.2, 0.25) is 0 Å². The van der Waals surface area contributed by atoms with Gasteiger partial charge in [0, 0.05) is 37.1 Å². The number of nitrogens with zero attached hydrogens (tertiary/aromatic N) is 4. The number of imidazole rings is 1. The number of hydrogen-bond donors (Lipinski definition) is 1. The van der Waals surface area contributed by atoms with E-state index in [0.29, 0.717) is 19.3 Å². The fourth-order valence-electron chi connectivity index (χ4n) is 5.35. The van der Waals surface area contributed by atoms with Gasteiger partial charge in [0.2, 0.25) is 0 Å². The zero-order chi connectivity index (χ0) is 26.4. The average Bonchev–Trinajstić information content (AvgIpc) is 3.15. The second-order valence-corrected chi connectivity index (χ2v) is 11.9. The molecule has 196 valence electrons. The number of benzene rings is 2. The maximum atomic E-state index is 13.9. The van der Waals surface area contributed by atoms with Crippen molar-refractivity contribution in [2.75, 3.05) is 20.2 Å². The van der Waals surface area contributed by atoms with Crippen molar-refractivity contribution in [1.82, 2.24) is 18.4 Å². The lowest BCUT2D eigenvalue weighted by molar-refractivity contribution is 0.0810. The maximum Gasteiger partial charge on any atom is 0.338 e. The Morgan fingerprint density at radius 3 is 2.38 bits per heavy atom. The van der Waals surface area contributed by atoms with E-state index in [2.05, 4.69) is 4.18 Å². The van der Waals surface area contributed by atoms with Crippen molar-refractivity contribution < 1.29 is 17.7 Å². The molecule has 0 spiro atoms. The van der Waals surface area contributed by atoms with Gasteiger partial charge >= 0.3 is 16.0 Å². The first-order chi connectivity index (χ1) is 17.6. The van der Waals surface area contributed by atoms with E-state index >= 15 is 0 Å². The largest absolute Gasteiger partial charge is 0.390 e. The molecule has 0 aliphatic carbocycles. The summed E-state index contributed by atoms with van der Waals surface area (Å²) in [4.78, 5) is 18.6. The first-order valence-corrected chi connectivity index (χ1v) is 13.8. The molecule has 1 aliphatic rings. The van der Waals surface area contributed by atoms with Gasteiger partial charge in [-0.25, -0.2) is 4.79 Å². The molecule has 10 heteroatoms. The fourth-order valence-corrected chi connectivity index (χ4v) is 6.22. The zero-order valence-electron chi connectivity index (χ0n) is 21.3. The van der Waals surface area contributed by atoms with E-state index in [-0.39, 0.29) is 31.4 Å². The van der Waals surface area contributed by atoms with Crippen LogP contribution in [0.25, 0.3) is 21.8 Å². The number of hydrogen-bond acceptors (Lipinski definition) is 6. The van der Waals surface area contributed by atoms with Crippen molar-refractivity contribution in [3.8, 4) is 0 Å². The van der Waals surface area contributed by atoms with Crippen LogP contribution < -0.4 is 5.69 Å². The van der Waals surface area contributed by atoms with Crippen molar-refractivity contribution >= 4 is 32.1 Å². The standard InChI is InChI=1S/C27H32N4O5S/c1-27(2,33)16-22-21-9-5-4-8-19(21)17-28-23(22)18-30-24-10-6-7-11-25(24)31(26(30)32)20-12-14-29(15-13-20)37(34,35)36-3/h4-11,17,20,33H,12-16,18H2,1-3H3. The van der Waals surface area contributed by atoms with Crippen LogP contribution in [-0.4, -0.2) is 57.7 Å². The lowest BCUT2D eigenvalue weighted by atomic mass is 9.93. The lowest BCUT2D eigenvalue weighted by Crippen LogP contribution is -2.41. The van der Waals surface area contributed by atoms with Crippen molar-refractivity contribution in [2.45, 2.75) is 51.3 Å². The second-order valence-electron chi connectivity index (χ2n) is 10.2. The van der Waals surface area contributed by atoms with E-state index in [0.717, 1.165) is 40.2 Å². The summed E-state index contributed by atoms with van der Waals surface area (Å²) in [6, 6.07) is 15.5. The first-order valence-electron chi connectivity index (χ1n) is 12.4.